The molecular formula is C22H26F3N3O4. The van der Waals surface area contributed by atoms with E-state index in [-0.39, 0.29) is 24.5 Å². The fourth-order valence-electron chi connectivity index (χ4n) is 3.16. The number of fused-ring (bicyclic) bond motifs is 1. The molecule has 174 valence electrons. The van der Waals surface area contributed by atoms with E-state index in [1.165, 1.54) is 11.1 Å². The number of aliphatic carboxylic acids is 1. The van der Waals surface area contributed by atoms with Gasteiger partial charge in [-0.1, -0.05) is 12.1 Å². The minimum absolute atomic E-state index is 0.0245. The molecule has 10 heteroatoms. The summed E-state index contributed by atoms with van der Waals surface area (Å²) >= 11 is 0. The number of rotatable bonds is 4. The maximum Gasteiger partial charge on any atom is 0.490 e. The van der Waals surface area contributed by atoms with Gasteiger partial charge in [0.05, 0.1) is 0 Å². The lowest BCUT2D eigenvalue weighted by atomic mass is 9.97. The first kappa shape index (κ1) is 25.1. The predicted molar refractivity (Wildman–Crippen MR) is 112 cm³/mol. The second-order valence-corrected chi connectivity index (χ2v) is 7.35. The van der Waals surface area contributed by atoms with Crippen LogP contribution in [0, 0.1) is 0 Å². The molecule has 2 N–H and O–H groups in total. The summed E-state index contributed by atoms with van der Waals surface area (Å²) in [6, 6.07) is 5.98. The van der Waals surface area contributed by atoms with Gasteiger partial charge >= 0.3 is 12.1 Å². The lowest BCUT2D eigenvalue weighted by Crippen LogP contribution is -2.26. The molecule has 7 nitrogen and oxygen atoms in total. The number of amides is 1. The zero-order valence-corrected chi connectivity index (χ0v) is 17.7. The Morgan fingerprint density at radius 1 is 1.03 bits per heavy atom. The van der Waals surface area contributed by atoms with Gasteiger partial charge < -0.3 is 20.2 Å². The van der Waals surface area contributed by atoms with Crippen LogP contribution in [0.25, 0.3) is 0 Å². The summed E-state index contributed by atoms with van der Waals surface area (Å²) in [4.78, 5) is 37.3. The van der Waals surface area contributed by atoms with Crippen LogP contribution in [0.2, 0.25) is 0 Å². The summed E-state index contributed by atoms with van der Waals surface area (Å²) in [5, 5.41) is 10.5. The monoisotopic (exact) mass is 453 g/mol. The molecule has 0 radical (unpaired) electrons. The number of nitrogens with one attached hydrogen (secondary N) is 1. The molecule has 1 aromatic carbocycles. The molecule has 1 amide bonds. The smallest absolute Gasteiger partial charge is 0.475 e. The van der Waals surface area contributed by atoms with E-state index in [0.717, 1.165) is 31.5 Å². The summed E-state index contributed by atoms with van der Waals surface area (Å²) in [5.74, 6) is -2.74. The summed E-state index contributed by atoms with van der Waals surface area (Å²) < 4.78 is 31.7. The van der Waals surface area contributed by atoms with Crippen LogP contribution < -0.4 is 5.32 Å². The van der Waals surface area contributed by atoms with Gasteiger partial charge in [0.1, 0.15) is 0 Å². The van der Waals surface area contributed by atoms with Gasteiger partial charge in [-0.25, -0.2) is 4.79 Å². The van der Waals surface area contributed by atoms with E-state index in [4.69, 9.17) is 9.90 Å². The average molecular weight is 453 g/mol. The number of Topliss-reactive ketones (excluding diaryl/α,β-unsaturated/α-hetero) is 1. The molecule has 32 heavy (non-hydrogen) atoms. The van der Waals surface area contributed by atoms with E-state index >= 15 is 0 Å². The third-order valence-electron chi connectivity index (χ3n) is 4.92. The highest BCUT2D eigenvalue weighted by molar-refractivity contribution is 5.98. The molecule has 2 aliphatic rings. The maximum atomic E-state index is 12.5. The standard InChI is InChI=1S/C20H25N3O2.C2HF3O2/c1-22-11-2-12-23(14-13-22)20(25)6-5-19(24)18-4-3-16-7-9-21-10-8-17(16)15-18;3-2(4,5)1(6)7/h2-4,11,13-15,21H,5-10,12H2,1H3;(H,6,7). The molecule has 2 heterocycles. The van der Waals surface area contributed by atoms with Crippen LogP contribution in [-0.4, -0.2) is 65.4 Å². The van der Waals surface area contributed by atoms with Crippen LogP contribution in [0.1, 0.15) is 34.3 Å². The molecule has 0 spiro atoms. The van der Waals surface area contributed by atoms with Crippen LogP contribution in [0.4, 0.5) is 13.2 Å². The normalized spacial score (nSPS) is 15.8. The Morgan fingerprint density at radius 3 is 2.34 bits per heavy atom. The van der Waals surface area contributed by atoms with Crippen molar-refractivity contribution in [2.24, 2.45) is 0 Å². The number of carbonyl (C=O) groups excluding carboxylic acids is 2. The number of nitrogens with zero attached hydrogens (tertiary/aromatic N) is 2. The summed E-state index contributed by atoms with van der Waals surface area (Å²) in [6.07, 6.45) is 4.81. The Bertz CT molecular complexity index is 897. The lowest BCUT2D eigenvalue weighted by Gasteiger charge is -2.15. The maximum absolute atomic E-state index is 12.5. The van der Waals surface area contributed by atoms with Gasteiger partial charge in [-0.3, -0.25) is 9.59 Å². The van der Waals surface area contributed by atoms with Crippen LogP contribution in [0.5, 0.6) is 0 Å². The van der Waals surface area contributed by atoms with E-state index in [0.29, 0.717) is 6.54 Å². The van der Waals surface area contributed by atoms with Crippen molar-refractivity contribution in [2.75, 3.05) is 26.7 Å². The van der Waals surface area contributed by atoms with Gasteiger partial charge in [0.25, 0.3) is 0 Å². The molecule has 2 aliphatic heterocycles. The molecule has 0 saturated carbocycles. The third-order valence-corrected chi connectivity index (χ3v) is 4.92. The van der Waals surface area contributed by atoms with Gasteiger partial charge in [-0.05, 0) is 49.2 Å². The number of ketones is 1. The SMILES string of the molecule is CN1C=CCN(C(=O)CCC(=O)c2ccc3c(c2)CCNCC3)C=C1.O=C(O)C(F)(F)F. The highest BCUT2D eigenvalue weighted by Gasteiger charge is 2.38. The predicted octanol–water partition coefficient (Wildman–Crippen LogP) is 2.73. The van der Waals surface area contributed by atoms with Crippen LogP contribution in [-0.2, 0) is 22.4 Å². The first-order valence-electron chi connectivity index (χ1n) is 10.1. The Labute approximate surface area is 184 Å². The Balaban J connectivity index is 0.000000451. The molecule has 0 saturated heterocycles. The minimum atomic E-state index is -5.08. The molecule has 0 aromatic heterocycles. The second-order valence-electron chi connectivity index (χ2n) is 7.35. The van der Waals surface area contributed by atoms with E-state index < -0.39 is 12.1 Å². The van der Waals surface area contributed by atoms with Crippen molar-refractivity contribution in [3.05, 3.63) is 59.6 Å². The van der Waals surface area contributed by atoms with Gasteiger partial charge in [0.2, 0.25) is 5.91 Å². The van der Waals surface area contributed by atoms with Gasteiger partial charge in [0, 0.05) is 50.6 Å². The van der Waals surface area contributed by atoms with Crippen molar-refractivity contribution in [3.63, 3.8) is 0 Å². The lowest BCUT2D eigenvalue weighted by molar-refractivity contribution is -0.192. The van der Waals surface area contributed by atoms with Gasteiger partial charge in [0.15, 0.2) is 5.78 Å². The first-order chi connectivity index (χ1) is 15.1. The van der Waals surface area contributed by atoms with Gasteiger partial charge in [-0.15, -0.1) is 0 Å². The van der Waals surface area contributed by atoms with Crippen molar-refractivity contribution in [3.8, 4) is 0 Å². The largest absolute Gasteiger partial charge is 0.490 e. The number of hydrogen-bond acceptors (Lipinski definition) is 5. The molecular weight excluding hydrogens is 427 g/mol. The fraction of sp³-hybridized carbons (Fsp3) is 0.409. The average Bonchev–Trinajstić information content (AvgIpc) is 3.11. The van der Waals surface area contributed by atoms with E-state index in [2.05, 4.69) is 11.4 Å². The van der Waals surface area contributed by atoms with Crippen molar-refractivity contribution < 1.29 is 32.7 Å². The minimum Gasteiger partial charge on any atom is -0.475 e. The summed E-state index contributed by atoms with van der Waals surface area (Å²) in [5.41, 5.74) is 3.30. The number of carbonyl (C=O) groups is 3. The van der Waals surface area contributed by atoms with Crippen LogP contribution >= 0.6 is 0 Å². The molecule has 1 aromatic rings. The Kier molecular flexibility index (Phi) is 9.01. The first-order valence-corrected chi connectivity index (χ1v) is 10.1. The van der Waals surface area contributed by atoms with Crippen molar-refractivity contribution >= 4 is 17.7 Å². The molecule has 0 atom stereocenters. The number of carboxylic acids is 1. The number of benzene rings is 1. The topological polar surface area (TPSA) is 90.0 Å². The molecule has 0 unspecified atom stereocenters. The highest BCUT2D eigenvalue weighted by atomic mass is 19.4. The molecule has 3 rings (SSSR count). The van der Waals surface area contributed by atoms with Gasteiger partial charge in [-0.2, -0.15) is 13.2 Å². The number of halogens is 3. The Morgan fingerprint density at radius 2 is 1.69 bits per heavy atom. The highest BCUT2D eigenvalue weighted by Crippen LogP contribution is 2.17. The number of carboxylic acid groups (broad SMARTS) is 1. The zero-order valence-electron chi connectivity index (χ0n) is 17.7. The Hall–Kier alpha value is -3.14. The van der Waals surface area contributed by atoms with Crippen molar-refractivity contribution in [1.82, 2.24) is 15.1 Å². The molecule has 0 bridgehead atoms. The van der Waals surface area contributed by atoms with E-state index in [1.54, 1.807) is 11.1 Å². The van der Waals surface area contributed by atoms with E-state index in [1.807, 2.05) is 42.6 Å². The fourth-order valence-corrected chi connectivity index (χ4v) is 3.16. The quantitative estimate of drug-likeness (QED) is 0.682. The van der Waals surface area contributed by atoms with Crippen molar-refractivity contribution in [1.29, 1.82) is 0 Å². The zero-order chi connectivity index (χ0) is 23.7. The van der Waals surface area contributed by atoms with Crippen LogP contribution in [0.15, 0.2) is 42.9 Å². The second kappa shape index (κ2) is 11.5. The summed E-state index contributed by atoms with van der Waals surface area (Å²) in [7, 11) is 1.92. The molecule has 0 aliphatic carbocycles. The summed E-state index contributed by atoms with van der Waals surface area (Å²) in [6.45, 7) is 2.48. The molecule has 0 fully saturated rings. The third kappa shape index (κ3) is 7.84. The van der Waals surface area contributed by atoms with Crippen LogP contribution in [0.3, 0.4) is 0 Å². The number of hydrogen-bond donors (Lipinski definition) is 2. The number of alkyl halides is 3. The van der Waals surface area contributed by atoms with E-state index in [9.17, 15) is 22.8 Å². The van der Waals surface area contributed by atoms with Crippen molar-refractivity contribution in [2.45, 2.75) is 31.9 Å².